The van der Waals surface area contributed by atoms with Gasteiger partial charge in [-0.05, 0) is 39.8 Å². The average Bonchev–Trinajstić information content (AvgIpc) is 2.40. The Morgan fingerprint density at radius 2 is 1.76 bits per heavy atom. The van der Waals surface area contributed by atoms with E-state index in [1.54, 1.807) is 19.1 Å². The summed E-state index contributed by atoms with van der Waals surface area (Å²) >= 11 is 0. The number of fused-ring (bicyclic) bond motifs is 1. The minimum atomic E-state index is -0.573. The van der Waals surface area contributed by atoms with Crippen molar-refractivity contribution in [3.05, 3.63) is 36.4 Å². The Bertz CT molecular complexity index is 659. The molecule has 0 aliphatic rings. The quantitative estimate of drug-likeness (QED) is 0.852. The fourth-order valence-corrected chi connectivity index (χ4v) is 2.11. The van der Waals surface area contributed by atoms with Gasteiger partial charge in [0.2, 0.25) is 0 Å². The summed E-state index contributed by atoms with van der Waals surface area (Å²) in [5.74, 6) is 0.528. The lowest BCUT2D eigenvalue weighted by Crippen LogP contribution is -2.46. The number of hydrogen-bond acceptors (Lipinski definition) is 3. The van der Waals surface area contributed by atoms with Crippen molar-refractivity contribution >= 4 is 22.4 Å². The highest BCUT2D eigenvalue weighted by Gasteiger charge is 2.21. The van der Waals surface area contributed by atoms with Gasteiger partial charge in [-0.15, -0.1) is 0 Å². The molecular weight excluding hydrogens is 264 g/mol. The molecule has 4 heteroatoms. The first-order valence-corrected chi connectivity index (χ1v) is 7.04. The second kappa shape index (κ2) is 5.64. The highest BCUT2D eigenvalue weighted by Crippen LogP contribution is 2.30. The molecule has 0 saturated carbocycles. The average molecular weight is 286 g/mol. The third kappa shape index (κ3) is 3.66. The normalized spacial score (nSPS) is 13.0. The molecule has 0 saturated heterocycles. The number of carbonyl (C=O) groups excluding carboxylic acids is 1. The van der Waals surface area contributed by atoms with Crippen molar-refractivity contribution < 1.29 is 9.53 Å². The second-order valence-electron chi connectivity index (χ2n) is 6.20. The Balaban J connectivity index is 2.24. The number of carbonyl (C=O) groups is 1. The van der Waals surface area contributed by atoms with E-state index in [4.69, 9.17) is 10.5 Å². The van der Waals surface area contributed by atoms with E-state index in [1.807, 2.05) is 45.0 Å². The zero-order valence-electron chi connectivity index (χ0n) is 12.9. The number of nitrogens with one attached hydrogen (secondary N) is 1. The van der Waals surface area contributed by atoms with Crippen LogP contribution in [0.25, 0.3) is 10.8 Å². The van der Waals surface area contributed by atoms with Crippen LogP contribution in [0, 0.1) is 0 Å². The topological polar surface area (TPSA) is 64.3 Å². The molecule has 112 valence electrons. The summed E-state index contributed by atoms with van der Waals surface area (Å²) in [5, 5.41) is 4.75. The van der Waals surface area contributed by atoms with E-state index in [0.717, 1.165) is 10.8 Å². The summed E-state index contributed by atoms with van der Waals surface area (Å²) < 4.78 is 5.82. The molecule has 0 aliphatic heterocycles. The highest BCUT2D eigenvalue weighted by molar-refractivity contribution is 5.97. The van der Waals surface area contributed by atoms with Crippen LogP contribution in [0.15, 0.2) is 36.4 Å². The van der Waals surface area contributed by atoms with Crippen LogP contribution in [0.2, 0.25) is 0 Å². The van der Waals surface area contributed by atoms with Gasteiger partial charge in [0.05, 0.1) is 0 Å². The van der Waals surface area contributed by atoms with Gasteiger partial charge >= 0.3 is 0 Å². The van der Waals surface area contributed by atoms with Gasteiger partial charge in [0.25, 0.3) is 5.91 Å². The second-order valence-corrected chi connectivity index (χ2v) is 6.20. The molecule has 1 amide bonds. The molecule has 21 heavy (non-hydrogen) atoms. The molecule has 0 aromatic heterocycles. The minimum Gasteiger partial charge on any atom is -0.480 e. The van der Waals surface area contributed by atoms with Gasteiger partial charge in [-0.1, -0.05) is 24.3 Å². The van der Waals surface area contributed by atoms with Crippen molar-refractivity contribution in [3.63, 3.8) is 0 Å². The lowest BCUT2D eigenvalue weighted by atomic mass is 10.1. The van der Waals surface area contributed by atoms with E-state index in [-0.39, 0.29) is 11.4 Å². The number of hydrogen-bond donors (Lipinski definition) is 2. The Kier molecular flexibility index (Phi) is 4.07. The van der Waals surface area contributed by atoms with Crippen molar-refractivity contribution in [1.82, 2.24) is 5.32 Å². The molecule has 0 aliphatic carbocycles. The molecule has 0 radical (unpaired) electrons. The number of amides is 1. The molecule has 2 rings (SSSR count). The molecule has 0 spiro atoms. The Labute approximate surface area is 125 Å². The van der Waals surface area contributed by atoms with E-state index in [1.165, 1.54) is 0 Å². The molecule has 3 N–H and O–H groups in total. The van der Waals surface area contributed by atoms with Gasteiger partial charge in [0.15, 0.2) is 6.10 Å². The summed E-state index contributed by atoms with van der Waals surface area (Å²) in [6.07, 6.45) is -0.573. The zero-order valence-corrected chi connectivity index (χ0v) is 12.9. The molecule has 2 aromatic rings. The third-order valence-electron chi connectivity index (χ3n) is 3.09. The monoisotopic (exact) mass is 286 g/mol. The molecule has 2 aromatic carbocycles. The van der Waals surface area contributed by atoms with Crippen LogP contribution in [0.3, 0.4) is 0 Å². The Hall–Kier alpha value is -2.23. The van der Waals surface area contributed by atoms with Gasteiger partial charge in [-0.2, -0.15) is 0 Å². The summed E-state index contributed by atoms with van der Waals surface area (Å²) in [6, 6.07) is 11.3. The first kappa shape index (κ1) is 15.2. The van der Waals surface area contributed by atoms with Crippen molar-refractivity contribution in [1.29, 1.82) is 0 Å². The number of ether oxygens (including phenoxy) is 1. The predicted molar refractivity (Wildman–Crippen MR) is 86.3 cm³/mol. The van der Waals surface area contributed by atoms with Crippen LogP contribution in [-0.4, -0.2) is 17.6 Å². The Morgan fingerprint density at radius 1 is 1.14 bits per heavy atom. The predicted octanol–water partition coefficient (Wildman–Crippen LogP) is 3.10. The van der Waals surface area contributed by atoms with Gasteiger partial charge in [0.1, 0.15) is 5.75 Å². The summed E-state index contributed by atoms with van der Waals surface area (Å²) in [5.41, 5.74) is 6.38. The number of benzene rings is 2. The zero-order chi connectivity index (χ0) is 15.6. The summed E-state index contributed by atoms with van der Waals surface area (Å²) in [7, 11) is 0. The summed E-state index contributed by atoms with van der Waals surface area (Å²) in [6.45, 7) is 7.56. The largest absolute Gasteiger partial charge is 0.480 e. The van der Waals surface area contributed by atoms with Crippen LogP contribution in [0.4, 0.5) is 5.69 Å². The van der Waals surface area contributed by atoms with Crippen molar-refractivity contribution in [2.45, 2.75) is 39.3 Å². The fraction of sp³-hybridized carbons (Fsp3) is 0.353. The molecule has 0 bridgehead atoms. The maximum atomic E-state index is 12.1. The Morgan fingerprint density at radius 3 is 2.38 bits per heavy atom. The van der Waals surface area contributed by atoms with E-state index in [2.05, 4.69) is 5.32 Å². The molecule has 0 fully saturated rings. The van der Waals surface area contributed by atoms with Gasteiger partial charge in [0, 0.05) is 22.0 Å². The molecule has 0 heterocycles. The third-order valence-corrected chi connectivity index (χ3v) is 3.09. The van der Waals surface area contributed by atoms with E-state index >= 15 is 0 Å². The lowest BCUT2D eigenvalue weighted by molar-refractivity contribution is -0.128. The number of rotatable bonds is 3. The van der Waals surface area contributed by atoms with Crippen molar-refractivity contribution in [2.75, 3.05) is 5.73 Å². The van der Waals surface area contributed by atoms with Crippen LogP contribution >= 0.6 is 0 Å². The van der Waals surface area contributed by atoms with Crippen LogP contribution in [0.1, 0.15) is 27.7 Å². The smallest absolute Gasteiger partial charge is 0.261 e. The number of nitrogens with two attached hydrogens (primary N) is 1. The first-order chi connectivity index (χ1) is 9.78. The standard InChI is InChI=1S/C17H22N2O2/c1-11(16(20)19-17(2,3)4)21-15-10-9-14(18)12-7-5-6-8-13(12)15/h5-11H,18H2,1-4H3,(H,19,20). The minimum absolute atomic E-state index is 0.136. The maximum Gasteiger partial charge on any atom is 0.261 e. The van der Waals surface area contributed by atoms with Gasteiger partial charge in [-0.25, -0.2) is 0 Å². The molecular formula is C17H22N2O2. The van der Waals surface area contributed by atoms with Crippen molar-refractivity contribution in [2.24, 2.45) is 0 Å². The molecule has 1 atom stereocenters. The highest BCUT2D eigenvalue weighted by atomic mass is 16.5. The first-order valence-electron chi connectivity index (χ1n) is 7.04. The number of anilines is 1. The van der Waals surface area contributed by atoms with E-state index in [9.17, 15) is 4.79 Å². The number of nitrogen functional groups attached to an aromatic ring is 1. The van der Waals surface area contributed by atoms with Crippen LogP contribution < -0.4 is 15.8 Å². The van der Waals surface area contributed by atoms with Gasteiger partial charge < -0.3 is 15.8 Å². The van der Waals surface area contributed by atoms with Gasteiger partial charge in [-0.3, -0.25) is 4.79 Å². The van der Waals surface area contributed by atoms with Crippen LogP contribution in [0.5, 0.6) is 5.75 Å². The fourth-order valence-electron chi connectivity index (χ4n) is 2.11. The molecule has 1 unspecified atom stereocenters. The van der Waals surface area contributed by atoms with E-state index in [0.29, 0.717) is 11.4 Å². The van der Waals surface area contributed by atoms with Crippen LogP contribution in [-0.2, 0) is 4.79 Å². The van der Waals surface area contributed by atoms with Crippen molar-refractivity contribution in [3.8, 4) is 5.75 Å². The SMILES string of the molecule is CC(Oc1ccc(N)c2ccccc12)C(=O)NC(C)(C)C. The van der Waals surface area contributed by atoms with E-state index < -0.39 is 6.10 Å². The molecule has 4 nitrogen and oxygen atoms in total. The lowest BCUT2D eigenvalue weighted by Gasteiger charge is -2.24. The summed E-state index contributed by atoms with van der Waals surface area (Å²) in [4.78, 5) is 12.1. The maximum absolute atomic E-state index is 12.1.